The lowest BCUT2D eigenvalue weighted by Crippen LogP contribution is -2.49. The van der Waals surface area contributed by atoms with Crippen LogP contribution in [-0.4, -0.2) is 62.4 Å². The van der Waals surface area contributed by atoms with Crippen LogP contribution in [0.2, 0.25) is 0 Å². The first kappa shape index (κ1) is 28.9. The van der Waals surface area contributed by atoms with Crippen LogP contribution in [0.4, 0.5) is 0 Å². The van der Waals surface area contributed by atoms with Gasteiger partial charge in [-0.2, -0.15) is 0 Å². The minimum absolute atomic E-state index is 0.0487. The Morgan fingerprint density at radius 3 is 2.46 bits per heavy atom. The molecule has 0 spiro atoms. The quantitative estimate of drug-likeness (QED) is 0.384. The van der Waals surface area contributed by atoms with Gasteiger partial charge in [-0.15, -0.1) is 11.3 Å². The van der Waals surface area contributed by atoms with Gasteiger partial charge in [-0.1, -0.05) is 64.0 Å². The van der Waals surface area contributed by atoms with Crippen molar-refractivity contribution in [3.63, 3.8) is 0 Å². The van der Waals surface area contributed by atoms with E-state index in [9.17, 15) is 19.8 Å². The topological polar surface area (TPSA) is 129 Å². The zero-order valence-corrected chi connectivity index (χ0v) is 24.2. The molecule has 0 aliphatic carbocycles. The Morgan fingerprint density at radius 2 is 1.92 bits per heavy atom. The van der Waals surface area contributed by atoms with E-state index in [1.54, 1.807) is 16.8 Å². The zero-order chi connectivity index (χ0) is 28.5. The number of carbonyl (C=O) groups excluding carboxylic acids is 2. The summed E-state index contributed by atoms with van der Waals surface area (Å²) >= 11 is 1.56. The number of aliphatic hydroxyl groups excluding tert-OH is 2. The predicted molar refractivity (Wildman–Crippen MR) is 149 cm³/mol. The number of benzene rings is 1. The summed E-state index contributed by atoms with van der Waals surface area (Å²) in [4.78, 5) is 34.0. The van der Waals surface area contributed by atoms with Gasteiger partial charge in [-0.3, -0.25) is 9.59 Å². The molecule has 1 saturated heterocycles. The number of likely N-dealkylation sites (tertiary alicyclic amines) is 1. The van der Waals surface area contributed by atoms with Crippen LogP contribution in [0, 0.1) is 12.8 Å². The van der Waals surface area contributed by atoms with Crippen LogP contribution in [-0.2, 0) is 15.0 Å². The van der Waals surface area contributed by atoms with E-state index in [0.29, 0.717) is 5.76 Å². The zero-order valence-electron chi connectivity index (χ0n) is 23.3. The van der Waals surface area contributed by atoms with Crippen molar-refractivity contribution in [2.24, 2.45) is 5.92 Å². The summed E-state index contributed by atoms with van der Waals surface area (Å²) < 4.78 is 5.60. The van der Waals surface area contributed by atoms with E-state index in [-0.39, 0.29) is 36.8 Å². The number of aliphatic hydroxyl groups is 2. The molecular formula is C29H38N4O5S. The summed E-state index contributed by atoms with van der Waals surface area (Å²) in [6.45, 7) is 11.6. The van der Waals surface area contributed by atoms with Crippen molar-refractivity contribution in [2.45, 2.75) is 77.5 Å². The Balaban J connectivity index is 1.51. The van der Waals surface area contributed by atoms with E-state index >= 15 is 0 Å². The van der Waals surface area contributed by atoms with Gasteiger partial charge in [0.1, 0.15) is 17.7 Å². The molecule has 9 nitrogen and oxygen atoms in total. The number of nitrogens with zero attached hydrogens (tertiary/aromatic N) is 3. The van der Waals surface area contributed by atoms with Gasteiger partial charge < -0.3 is 25.0 Å². The van der Waals surface area contributed by atoms with Crippen molar-refractivity contribution in [2.75, 3.05) is 13.2 Å². The normalized spacial score (nSPS) is 19.4. The highest BCUT2D eigenvalue weighted by Crippen LogP contribution is 2.34. The third kappa shape index (κ3) is 6.23. The summed E-state index contributed by atoms with van der Waals surface area (Å²) in [5.41, 5.74) is 5.01. The van der Waals surface area contributed by atoms with Gasteiger partial charge in [-0.25, -0.2) is 4.98 Å². The molecule has 1 fully saturated rings. The summed E-state index contributed by atoms with van der Waals surface area (Å²) in [7, 11) is 0. The molecule has 39 heavy (non-hydrogen) atoms. The van der Waals surface area contributed by atoms with E-state index in [2.05, 4.69) is 15.5 Å². The number of aromatic nitrogens is 2. The molecule has 3 aromatic rings. The van der Waals surface area contributed by atoms with Crippen LogP contribution < -0.4 is 5.32 Å². The summed E-state index contributed by atoms with van der Waals surface area (Å²) in [5.74, 6) is -1.03. The Morgan fingerprint density at radius 1 is 1.23 bits per heavy atom. The predicted octanol–water partition coefficient (Wildman–Crippen LogP) is 3.96. The third-order valence-corrected chi connectivity index (χ3v) is 8.20. The maximum absolute atomic E-state index is 13.8. The smallest absolute Gasteiger partial charge is 0.243 e. The average molecular weight is 555 g/mol. The van der Waals surface area contributed by atoms with Crippen LogP contribution in [0.25, 0.3) is 10.4 Å². The van der Waals surface area contributed by atoms with E-state index in [4.69, 9.17) is 4.52 Å². The molecule has 0 radical (unpaired) electrons. The third-order valence-electron chi connectivity index (χ3n) is 7.22. The minimum atomic E-state index is -0.869. The standard InChI is InChI=1S/C29H38N4O5S/c1-16(2)25(23-12-24(32-38-23)29(4,5)6)28(37)33-13-20(35)11-22(33)27(36)31-21(14-34)18-7-9-19(10-8-18)26-17(3)30-15-39-26/h7-10,12,15-16,20-22,25,34-35H,11,13-14H2,1-6H3,(H,31,36)/t20-,21+,22+,25-/m1/s1. The lowest BCUT2D eigenvalue weighted by Gasteiger charge is -2.29. The molecule has 1 aliphatic heterocycles. The summed E-state index contributed by atoms with van der Waals surface area (Å²) in [6.07, 6.45) is -0.708. The minimum Gasteiger partial charge on any atom is -0.394 e. The largest absolute Gasteiger partial charge is 0.394 e. The van der Waals surface area contributed by atoms with Crippen molar-refractivity contribution in [1.82, 2.24) is 20.4 Å². The Hall–Kier alpha value is -3.08. The van der Waals surface area contributed by atoms with Gasteiger partial charge in [0, 0.05) is 24.4 Å². The Labute approximate surface area is 233 Å². The van der Waals surface area contributed by atoms with Crippen LogP contribution in [0.3, 0.4) is 0 Å². The van der Waals surface area contributed by atoms with Crippen molar-refractivity contribution in [1.29, 1.82) is 0 Å². The van der Waals surface area contributed by atoms with Crippen molar-refractivity contribution >= 4 is 23.2 Å². The number of hydrogen-bond acceptors (Lipinski definition) is 8. The van der Waals surface area contributed by atoms with Crippen molar-refractivity contribution in [3.05, 3.63) is 58.6 Å². The van der Waals surface area contributed by atoms with E-state index in [0.717, 1.165) is 27.4 Å². The van der Waals surface area contributed by atoms with Crippen molar-refractivity contribution < 1.29 is 24.3 Å². The fraction of sp³-hybridized carbons (Fsp3) is 0.517. The second-order valence-corrected chi connectivity index (χ2v) is 12.5. The first-order valence-electron chi connectivity index (χ1n) is 13.3. The average Bonchev–Trinajstić information content (AvgIpc) is 3.62. The highest BCUT2D eigenvalue weighted by Gasteiger charge is 2.43. The van der Waals surface area contributed by atoms with Gasteiger partial charge in [0.15, 0.2) is 0 Å². The first-order chi connectivity index (χ1) is 18.4. The second-order valence-electron chi connectivity index (χ2n) is 11.6. The lowest BCUT2D eigenvalue weighted by molar-refractivity contribution is -0.141. The molecule has 210 valence electrons. The molecule has 2 aromatic heterocycles. The number of thiazole rings is 1. The Bertz CT molecular complexity index is 1290. The van der Waals surface area contributed by atoms with Gasteiger partial charge in [0.05, 0.1) is 40.5 Å². The molecule has 3 N–H and O–H groups in total. The molecule has 10 heteroatoms. The number of carbonyl (C=O) groups is 2. The first-order valence-corrected chi connectivity index (χ1v) is 14.2. The molecule has 4 rings (SSSR count). The molecule has 3 heterocycles. The molecule has 1 aliphatic rings. The Kier molecular flexibility index (Phi) is 8.58. The fourth-order valence-corrected chi connectivity index (χ4v) is 5.77. The monoisotopic (exact) mass is 554 g/mol. The molecule has 0 saturated carbocycles. The van der Waals surface area contributed by atoms with Gasteiger partial charge in [0.25, 0.3) is 0 Å². The second kappa shape index (κ2) is 11.6. The molecule has 4 atom stereocenters. The van der Waals surface area contributed by atoms with E-state index < -0.39 is 30.0 Å². The van der Waals surface area contributed by atoms with Gasteiger partial charge in [-0.05, 0) is 24.0 Å². The number of β-amino-alcohol motifs (C(OH)–C–C–N with tert-alkyl or cyclic N) is 1. The number of nitrogens with one attached hydrogen (secondary N) is 1. The van der Waals surface area contributed by atoms with Crippen molar-refractivity contribution in [3.8, 4) is 10.4 Å². The lowest BCUT2D eigenvalue weighted by atomic mass is 9.88. The number of aryl methyl sites for hydroxylation is 1. The van der Waals surface area contributed by atoms with Crippen LogP contribution in [0.1, 0.15) is 75.7 Å². The molecule has 0 bridgehead atoms. The number of rotatable bonds is 8. The molecule has 1 aromatic carbocycles. The van der Waals surface area contributed by atoms with Gasteiger partial charge >= 0.3 is 0 Å². The highest BCUT2D eigenvalue weighted by molar-refractivity contribution is 7.13. The molecule has 0 unspecified atom stereocenters. The molecule has 2 amide bonds. The summed E-state index contributed by atoms with van der Waals surface area (Å²) in [5, 5.41) is 27.6. The molecular weight excluding hydrogens is 516 g/mol. The van der Waals surface area contributed by atoms with Crippen LogP contribution in [0.5, 0.6) is 0 Å². The number of hydrogen-bond donors (Lipinski definition) is 3. The SMILES string of the molecule is Cc1ncsc1-c1ccc([C@H](CO)NC(=O)[C@@H]2C[C@@H](O)CN2C(=O)[C@@H](c2cc(C(C)(C)C)no2)C(C)C)cc1. The van der Waals surface area contributed by atoms with E-state index in [1.165, 1.54) is 4.90 Å². The van der Waals surface area contributed by atoms with Gasteiger partial charge in [0.2, 0.25) is 11.8 Å². The van der Waals surface area contributed by atoms with E-state index in [1.807, 2.05) is 71.9 Å². The number of amides is 2. The van der Waals surface area contributed by atoms with Crippen LogP contribution >= 0.6 is 11.3 Å². The fourth-order valence-electron chi connectivity index (χ4n) is 4.96. The summed E-state index contributed by atoms with van der Waals surface area (Å²) in [6, 6.07) is 7.90. The maximum Gasteiger partial charge on any atom is 0.243 e. The van der Waals surface area contributed by atoms with Crippen LogP contribution in [0.15, 0.2) is 40.4 Å². The maximum atomic E-state index is 13.8. The highest BCUT2D eigenvalue weighted by atomic mass is 32.1.